The van der Waals surface area contributed by atoms with Gasteiger partial charge in [0.25, 0.3) is 0 Å². The quantitative estimate of drug-likeness (QED) is 0.314. The number of nitrogens with two attached hydrogens (primary N) is 1. The molecule has 16 heavy (non-hydrogen) atoms. The molecule has 1 aromatic carbocycles. The summed E-state index contributed by atoms with van der Waals surface area (Å²) in [5, 5.41) is 3.15. The molecule has 0 aromatic heterocycles. The first-order chi connectivity index (χ1) is 7.80. The molecule has 88 valence electrons. The number of guanidine groups is 1. The predicted octanol–water partition coefficient (Wildman–Crippen LogP) is 1.89. The monoisotopic (exact) mass is 220 g/mol. The Morgan fingerprint density at radius 3 is 2.81 bits per heavy atom. The minimum Gasteiger partial charge on any atom is -0.325 e. The summed E-state index contributed by atoms with van der Waals surface area (Å²) >= 11 is 0. The normalized spacial score (nSPS) is 11.3. The van der Waals surface area contributed by atoms with Crippen LogP contribution in [0.25, 0.3) is 0 Å². The van der Waals surface area contributed by atoms with E-state index in [0.717, 1.165) is 25.1 Å². The van der Waals surface area contributed by atoms with Gasteiger partial charge in [0.05, 0.1) is 0 Å². The van der Waals surface area contributed by atoms with Crippen LogP contribution in [-0.2, 0) is 6.42 Å². The third kappa shape index (κ3) is 3.90. The summed E-state index contributed by atoms with van der Waals surface area (Å²) < 4.78 is 0. The molecule has 4 heteroatoms. The molecule has 1 aromatic rings. The number of hydrogen-bond donors (Lipinski definition) is 3. The third-order valence-corrected chi connectivity index (χ3v) is 2.23. The smallest absolute Gasteiger partial charge is 0.210 e. The number of benzene rings is 1. The van der Waals surface area contributed by atoms with Crippen LogP contribution in [0.1, 0.15) is 25.8 Å². The van der Waals surface area contributed by atoms with Gasteiger partial charge in [0.1, 0.15) is 0 Å². The Morgan fingerprint density at radius 2 is 2.19 bits per heavy atom. The van der Waals surface area contributed by atoms with Gasteiger partial charge in [0.15, 0.2) is 0 Å². The van der Waals surface area contributed by atoms with Crippen molar-refractivity contribution in [3.63, 3.8) is 0 Å². The second-order valence-electron chi connectivity index (χ2n) is 3.55. The molecule has 0 aliphatic heterocycles. The van der Waals surface area contributed by atoms with Crippen molar-refractivity contribution in [2.24, 2.45) is 10.8 Å². The summed E-state index contributed by atoms with van der Waals surface area (Å²) in [5.74, 6) is 6.00. The Bertz CT molecular complexity index is 347. The molecule has 0 heterocycles. The largest absolute Gasteiger partial charge is 0.325 e. The number of rotatable bonds is 4. The van der Waals surface area contributed by atoms with E-state index in [0.29, 0.717) is 5.96 Å². The molecule has 0 amide bonds. The SMILES string of the molecule is CCCN=C(NN)Nc1cccc(CC)c1. The topological polar surface area (TPSA) is 62.4 Å². The van der Waals surface area contributed by atoms with Gasteiger partial charge < -0.3 is 5.32 Å². The lowest BCUT2D eigenvalue weighted by atomic mass is 10.1. The molecule has 0 bridgehead atoms. The van der Waals surface area contributed by atoms with Crippen LogP contribution in [-0.4, -0.2) is 12.5 Å². The van der Waals surface area contributed by atoms with E-state index in [1.54, 1.807) is 0 Å². The van der Waals surface area contributed by atoms with E-state index in [-0.39, 0.29) is 0 Å². The van der Waals surface area contributed by atoms with Crippen molar-refractivity contribution in [2.75, 3.05) is 11.9 Å². The van der Waals surface area contributed by atoms with Gasteiger partial charge in [-0.1, -0.05) is 26.0 Å². The van der Waals surface area contributed by atoms with E-state index >= 15 is 0 Å². The first-order valence-electron chi connectivity index (χ1n) is 5.67. The van der Waals surface area contributed by atoms with E-state index in [1.807, 2.05) is 12.1 Å². The van der Waals surface area contributed by atoms with Crippen LogP contribution in [0.3, 0.4) is 0 Å². The van der Waals surface area contributed by atoms with Gasteiger partial charge in [0.2, 0.25) is 5.96 Å². The van der Waals surface area contributed by atoms with Crippen molar-refractivity contribution in [1.82, 2.24) is 5.43 Å². The lowest BCUT2D eigenvalue weighted by molar-refractivity contribution is 0.905. The molecule has 0 spiro atoms. The second-order valence-corrected chi connectivity index (χ2v) is 3.55. The highest BCUT2D eigenvalue weighted by Crippen LogP contribution is 2.10. The van der Waals surface area contributed by atoms with Gasteiger partial charge in [-0.05, 0) is 30.5 Å². The van der Waals surface area contributed by atoms with E-state index in [4.69, 9.17) is 5.84 Å². The molecule has 0 aliphatic rings. The summed E-state index contributed by atoms with van der Waals surface area (Å²) in [6.07, 6.45) is 2.02. The van der Waals surface area contributed by atoms with Gasteiger partial charge >= 0.3 is 0 Å². The maximum atomic E-state index is 5.39. The molecule has 4 nitrogen and oxygen atoms in total. The summed E-state index contributed by atoms with van der Waals surface area (Å²) in [4.78, 5) is 4.28. The Balaban J connectivity index is 2.69. The third-order valence-electron chi connectivity index (χ3n) is 2.23. The highest BCUT2D eigenvalue weighted by molar-refractivity contribution is 5.93. The van der Waals surface area contributed by atoms with Crippen molar-refractivity contribution in [1.29, 1.82) is 0 Å². The molecule has 4 N–H and O–H groups in total. The maximum absolute atomic E-state index is 5.39. The predicted molar refractivity (Wildman–Crippen MR) is 69.4 cm³/mol. The fourth-order valence-electron chi connectivity index (χ4n) is 1.35. The zero-order chi connectivity index (χ0) is 11.8. The van der Waals surface area contributed by atoms with Gasteiger partial charge in [0, 0.05) is 12.2 Å². The zero-order valence-electron chi connectivity index (χ0n) is 9.96. The van der Waals surface area contributed by atoms with Crippen molar-refractivity contribution in [3.8, 4) is 0 Å². The summed E-state index contributed by atoms with van der Waals surface area (Å²) in [7, 11) is 0. The molecule has 0 fully saturated rings. The zero-order valence-corrected chi connectivity index (χ0v) is 9.96. The van der Waals surface area contributed by atoms with Gasteiger partial charge in [-0.3, -0.25) is 10.4 Å². The van der Waals surface area contributed by atoms with Crippen LogP contribution in [0.2, 0.25) is 0 Å². The van der Waals surface area contributed by atoms with Crippen LogP contribution < -0.4 is 16.6 Å². The molecular formula is C12H20N4. The van der Waals surface area contributed by atoms with Gasteiger partial charge in [-0.2, -0.15) is 0 Å². The highest BCUT2D eigenvalue weighted by atomic mass is 15.3. The first-order valence-corrected chi connectivity index (χ1v) is 5.67. The molecule has 0 unspecified atom stereocenters. The number of aryl methyl sites for hydroxylation is 1. The van der Waals surface area contributed by atoms with E-state index in [9.17, 15) is 0 Å². The van der Waals surface area contributed by atoms with Gasteiger partial charge in [-0.25, -0.2) is 5.84 Å². The minimum atomic E-state index is 0.607. The maximum Gasteiger partial charge on any atom is 0.210 e. The fraction of sp³-hybridized carbons (Fsp3) is 0.417. The molecule has 0 aliphatic carbocycles. The molecular weight excluding hydrogens is 200 g/mol. The number of nitrogens with zero attached hydrogens (tertiary/aromatic N) is 1. The Labute approximate surface area is 96.9 Å². The minimum absolute atomic E-state index is 0.607. The molecule has 0 atom stereocenters. The van der Waals surface area contributed by atoms with Crippen LogP contribution in [0, 0.1) is 0 Å². The average Bonchev–Trinajstić information content (AvgIpc) is 2.34. The Hall–Kier alpha value is -1.55. The Kier molecular flexibility index (Phi) is 5.36. The van der Waals surface area contributed by atoms with Crippen molar-refractivity contribution in [3.05, 3.63) is 29.8 Å². The number of hydrogen-bond acceptors (Lipinski definition) is 2. The van der Waals surface area contributed by atoms with Crippen LogP contribution >= 0.6 is 0 Å². The number of aliphatic imine (C=N–C) groups is 1. The number of hydrazine groups is 1. The highest BCUT2D eigenvalue weighted by Gasteiger charge is 1.98. The molecule has 0 saturated heterocycles. The van der Waals surface area contributed by atoms with E-state index < -0.39 is 0 Å². The number of anilines is 1. The molecule has 1 rings (SSSR count). The second kappa shape index (κ2) is 6.85. The summed E-state index contributed by atoms with van der Waals surface area (Å²) in [6.45, 7) is 4.97. The standard InChI is InChI=1S/C12H20N4/c1-3-8-14-12(16-13)15-11-7-5-6-10(4-2)9-11/h5-7,9H,3-4,8,13H2,1-2H3,(H2,14,15,16). The lowest BCUT2D eigenvalue weighted by Gasteiger charge is -2.09. The summed E-state index contributed by atoms with van der Waals surface area (Å²) in [5.41, 5.74) is 4.86. The Morgan fingerprint density at radius 1 is 1.38 bits per heavy atom. The van der Waals surface area contributed by atoms with Crippen molar-refractivity contribution < 1.29 is 0 Å². The molecule has 0 saturated carbocycles. The molecule has 0 radical (unpaired) electrons. The van der Waals surface area contributed by atoms with Crippen LogP contribution in [0.5, 0.6) is 0 Å². The van der Waals surface area contributed by atoms with Crippen LogP contribution in [0.15, 0.2) is 29.3 Å². The lowest BCUT2D eigenvalue weighted by Crippen LogP contribution is -2.36. The fourth-order valence-corrected chi connectivity index (χ4v) is 1.35. The number of nitrogens with one attached hydrogen (secondary N) is 2. The van der Waals surface area contributed by atoms with Crippen LogP contribution in [0.4, 0.5) is 5.69 Å². The van der Waals surface area contributed by atoms with E-state index in [1.165, 1.54) is 5.56 Å². The first kappa shape index (κ1) is 12.5. The van der Waals surface area contributed by atoms with Crippen molar-refractivity contribution in [2.45, 2.75) is 26.7 Å². The summed E-state index contributed by atoms with van der Waals surface area (Å²) in [6, 6.07) is 8.22. The average molecular weight is 220 g/mol. The van der Waals surface area contributed by atoms with Gasteiger partial charge in [-0.15, -0.1) is 0 Å². The van der Waals surface area contributed by atoms with E-state index in [2.05, 4.69) is 41.7 Å². The van der Waals surface area contributed by atoms with Crippen molar-refractivity contribution >= 4 is 11.6 Å².